The monoisotopic (exact) mass is 360 g/mol. The summed E-state index contributed by atoms with van der Waals surface area (Å²) in [5.41, 5.74) is 0.401. The van der Waals surface area contributed by atoms with E-state index in [9.17, 15) is 8.78 Å². The zero-order valence-corrected chi connectivity index (χ0v) is 14.6. The Balaban J connectivity index is 2.06. The van der Waals surface area contributed by atoms with Gasteiger partial charge < -0.3 is 0 Å². The molecule has 1 aromatic rings. The molecule has 0 unspecified atom stereocenters. The van der Waals surface area contributed by atoms with E-state index in [0.29, 0.717) is 12.2 Å². The SMILES string of the molecule is CCCCCC1=CC=C(c2ccc(OCC)c(F)c2F)[SeH2]1. The Morgan fingerprint density at radius 1 is 1.05 bits per heavy atom. The van der Waals surface area contributed by atoms with Crippen LogP contribution in [0.2, 0.25) is 0 Å². The maximum atomic E-state index is 14.2. The molecule has 1 aliphatic rings. The number of halogens is 2. The minimum atomic E-state index is -0.874. The third-order valence-electron chi connectivity index (χ3n) is 3.43. The molecule has 0 bridgehead atoms. The van der Waals surface area contributed by atoms with Gasteiger partial charge in [-0.3, -0.25) is 0 Å². The second kappa shape index (κ2) is 7.76. The number of unbranched alkanes of at least 4 members (excludes halogenated alkanes) is 2. The van der Waals surface area contributed by atoms with E-state index in [2.05, 4.69) is 13.0 Å². The molecule has 0 fully saturated rings. The van der Waals surface area contributed by atoms with Crippen LogP contribution in [0.1, 0.15) is 45.1 Å². The molecule has 0 saturated heterocycles. The van der Waals surface area contributed by atoms with Crippen LogP contribution in [0.5, 0.6) is 5.75 Å². The zero-order valence-electron chi connectivity index (χ0n) is 12.5. The Morgan fingerprint density at radius 3 is 2.57 bits per heavy atom. The molecule has 4 heteroatoms. The average molecular weight is 359 g/mol. The first-order valence-corrected chi connectivity index (χ1v) is 9.56. The predicted molar refractivity (Wildman–Crippen MR) is 86.3 cm³/mol. The van der Waals surface area contributed by atoms with Gasteiger partial charge in [-0.05, 0) is 0 Å². The molecule has 0 N–H and O–H groups in total. The Kier molecular flexibility index (Phi) is 6.01. The van der Waals surface area contributed by atoms with Gasteiger partial charge in [-0.2, -0.15) is 0 Å². The molecular formula is C17H22F2OSe. The minimum absolute atomic E-state index is 0.00604. The Morgan fingerprint density at radius 2 is 1.86 bits per heavy atom. The standard InChI is InChI=1S/C17H22F2OSe/c1-3-5-6-7-12-8-11-15(21-12)13-9-10-14(20-4-2)17(19)16(13)18/h8-11H,3-7,21H2,1-2H3. The summed E-state index contributed by atoms with van der Waals surface area (Å²) in [6.07, 6.45) is 8.76. The first-order chi connectivity index (χ1) is 10.2. The summed E-state index contributed by atoms with van der Waals surface area (Å²) < 4.78 is 35.6. The van der Waals surface area contributed by atoms with Crippen molar-refractivity contribution in [1.29, 1.82) is 0 Å². The summed E-state index contributed by atoms with van der Waals surface area (Å²) in [5.74, 6) is -1.66. The van der Waals surface area contributed by atoms with Crippen molar-refractivity contribution in [2.24, 2.45) is 0 Å². The van der Waals surface area contributed by atoms with Gasteiger partial charge in [0.1, 0.15) is 0 Å². The number of allylic oxidation sites excluding steroid dienone is 3. The molecule has 1 aromatic carbocycles. The maximum absolute atomic E-state index is 14.2. The number of rotatable bonds is 7. The predicted octanol–water partition coefficient (Wildman–Crippen LogP) is 4.35. The van der Waals surface area contributed by atoms with E-state index in [-0.39, 0.29) is 5.75 Å². The third kappa shape index (κ3) is 3.95. The van der Waals surface area contributed by atoms with Gasteiger partial charge in [-0.25, -0.2) is 0 Å². The molecule has 0 radical (unpaired) electrons. The van der Waals surface area contributed by atoms with Gasteiger partial charge in [0.2, 0.25) is 0 Å². The quantitative estimate of drug-likeness (QED) is 0.520. The van der Waals surface area contributed by atoms with E-state index in [1.807, 2.05) is 6.08 Å². The van der Waals surface area contributed by atoms with Crippen LogP contribution in [0, 0.1) is 11.6 Å². The van der Waals surface area contributed by atoms with Crippen LogP contribution < -0.4 is 4.74 Å². The van der Waals surface area contributed by atoms with Crippen LogP contribution in [-0.2, 0) is 0 Å². The summed E-state index contributed by atoms with van der Waals surface area (Å²) in [4.78, 5) is 0. The molecule has 116 valence electrons. The molecule has 1 nitrogen and oxygen atoms in total. The van der Waals surface area contributed by atoms with Crippen LogP contribution in [-0.4, -0.2) is 21.6 Å². The Labute approximate surface area is 131 Å². The molecule has 21 heavy (non-hydrogen) atoms. The third-order valence-corrected chi connectivity index (χ3v) is 6.46. The number of hydrogen-bond donors (Lipinski definition) is 0. The van der Waals surface area contributed by atoms with Crippen LogP contribution in [0.25, 0.3) is 4.47 Å². The summed E-state index contributed by atoms with van der Waals surface area (Å²) in [6, 6.07) is 3.17. The Hall–Kier alpha value is -1.12. The van der Waals surface area contributed by atoms with Gasteiger partial charge in [0.05, 0.1) is 0 Å². The Bertz CT molecular complexity index is 564. The van der Waals surface area contributed by atoms with E-state index < -0.39 is 26.6 Å². The van der Waals surface area contributed by atoms with E-state index in [1.54, 1.807) is 13.0 Å². The number of hydrogen-bond acceptors (Lipinski definition) is 1. The fraction of sp³-hybridized carbons (Fsp3) is 0.412. The van der Waals surface area contributed by atoms with Crippen molar-refractivity contribution in [1.82, 2.24) is 0 Å². The fourth-order valence-corrected chi connectivity index (χ4v) is 5.06. The fourth-order valence-electron chi connectivity index (χ4n) is 2.32. The molecule has 0 saturated carbocycles. The summed E-state index contributed by atoms with van der Waals surface area (Å²) in [6.45, 7) is 4.26. The summed E-state index contributed by atoms with van der Waals surface area (Å²) >= 11 is -0.506. The van der Waals surface area contributed by atoms with E-state index in [0.717, 1.165) is 10.9 Å². The van der Waals surface area contributed by atoms with Crippen LogP contribution >= 0.6 is 0 Å². The summed E-state index contributed by atoms with van der Waals surface area (Å²) in [5, 5.41) is 0. The number of benzene rings is 1. The van der Waals surface area contributed by atoms with Crippen molar-refractivity contribution in [2.45, 2.75) is 39.5 Å². The van der Waals surface area contributed by atoms with Crippen molar-refractivity contribution in [2.75, 3.05) is 6.61 Å². The molecule has 0 atom stereocenters. The topological polar surface area (TPSA) is 9.23 Å². The molecule has 0 aliphatic carbocycles. The van der Waals surface area contributed by atoms with E-state index in [4.69, 9.17) is 4.74 Å². The first kappa shape index (κ1) is 16.3. The van der Waals surface area contributed by atoms with Gasteiger partial charge in [-0.1, -0.05) is 0 Å². The normalized spacial score (nSPS) is 16.0. The van der Waals surface area contributed by atoms with Crippen molar-refractivity contribution >= 4 is 19.4 Å². The molecule has 1 aliphatic heterocycles. The molecular weight excluding hydrogens is 337 g/mol. The van der Waals surface area contributed by atoms with Gasteiger partial charge in [0.15, 0.2) is 0 Å². The van der Waals surface area contributed by atoms with Gasteiger partial charge in [-0.15, -0.1) is 0 Å². The van der Waals surface area contributed by atoms with Gasteiger partial charge >= 0.3 is 131 Å². The summed E-state index contributed by atoms with van der Waals surface area (Å²) in [7, 11) is 0. The van der Waals surface area contributed by atoms with Crippen molar-refractivity contribution in [3.63, 3.8) is 0 Å². The van der Waals surface area contributed by atoms with Crippen molar-refractivity contribution in [3.8, 4) is 5.75 Å². The molecule has 0 spiro atoms. The van der Waals surface area contributed by atoms with E-state index >= 15 is 0 Å². The van der Waals surface area contributed by atoms with Crippen molar-refractivity contribution in [3.05, 3.63) is 46.0 Å². The zero-order chi connectivity index (χ0) is 15.2. The van der Waals surface area contributed by atoms with Crippen LogP contribution in [0.4, 0.5) is 8.78 Å². The second-order valence-electron chi connectivity index (χ2n) is 5.03. The number of ether oxygens (including phenoxy) is 1. The van der Waals surface area contributed by atoms with Gasteiger partial charge in [0.25, 0.3) is 0 Å². The van der Waals surface area contributed by atoms with E-state index in [1.165, 1.54) is 29.8 Å². The molecule has 1 heterocycles. The molecule has 0 aromatic heterocycles. The van der Waals surface area contributed by atoms with Crippen LogP contribution in [0.15, 0.2) is 28.8 Å². The van der Waals surface area contributed by atoms with Gasteiger partial charge in [0, 0.05) is 0 Å². The first-order valence-electron chi connectivity index (χ1n) is 7.46. The van der Waals surface area contributed by atoms with Crippen LogP contribution in [0.3, 0.4) is 0 Å². The average Bonchev–Trinajstić information content (AvgIpc) is 2.93. The molecule has 2 rings (SSSR count). The second-order valence-corrected chi connectivity index (χ2v) is 8.03. The molecule has 0 amide bonds. The van der Waals surface area contributed by atoms with Crippen molar-refractivity contribution < 1.29 is 13.5 Å².